The zero-order valence-corrected chi connectivity index (χ0v) is 10.9. The maximum absolute atomic E-state index is 12.2. The zero-order chi connectivity index (χ0) is 12.4. The van der Waals surface area contributed by atoms with Gasteiger partial charge in [0.05, 0.1) is 4.91 Å². The first-order valence-corrected chi connectivity index (χ1v) is 6.74. The number of hydrogen-bond donors (Lipinski definition) is 0. The van der Waals surface area contributed by atoms with Crippen molar-refractivity contribution >= 4 is 34.9 Å². The lowest BCUT2D eigenvalue weighted by Gasteiger charge is -2.16. The number of rotatable bonds is 3. The summed E-state index contributed by atoms with van der Waals surface area (Å²) in [5.41, 5.74) is 0.865. The summed E-state index contributed by atoms with van der Waals surface area (Å²) in [7, 11) is 0. The van der Waals surface area contributed by atoms with Crippen LogP contribution in [0.2, 0.25) is 0 Å². The van der Waals surface area contributed by atoms with Gasteiger partial charge >= 0.3 is 0 Å². The van der Waals surface area contributed by atoms with E-state index in [-0.39, 0.29) is 16.6 Å². The average Bonchev–Trinajstić information content (AvgIpc) is 2.36. The number of fused-ring (bicyclic) bond motifs is 1. The van der Waals surface area contributed by atoms with Crippen molar-refractivity contribution in [3.05, 3.63) is 45.3 Å². The molecule has 0 bridgehead atoms. The molecule has 0 aliphatic heterocycles. The van der Waals surface area contributed by atoms with E-state index < -0.39 is 0 Å². The molecular weight excluding hydrogens is 256 g/mol. The monoisotopic (exact) mass is 266 g/mol. The highest BCUT2D eigenvalue weighted by atomic mass is 35.5. The number of ketones is 2. The number of hydrogen-bond acceptors (Lipinski definition) is 3. The van der Waals surface area contributed by atoms with E-state index >= 15 is 0 Å². The van der Waals surface area contributed by atoms with Gasteiger partial charge in [0.15, 0.2) is 0 Å². The predicted molar refractivity (Wildman–Crippen MR) is 70.7 cm³/mol. The SMILES string of the molecule is CCCSC1=C(Cl)C(=O)c2ccccc2C1=O. The van der Waals surface area contributed by atoms with E-state index in [4.69, 9.17) is 11.6 Å². The summed E-state index contributed by atoms with van der Waals surface area (Å²) >= 11 is 7.34. The van der Waals surface area contributed by atoms with Crippen molar-refractivity contribution in [1.29, 1.82) is 0 Å². The summed E-state index contributed by atoms with van der Waals surface area (Å²) in [6, 6.07) is 6.80. The smallest absolute Gasteiger partial charge is 0.206 e. The molecule has 2 nitrogen and oxygen atoms in total. The van der Waals surface area contributed by atoms with Crippen LogP contribution in [-0.4, -0.2) is 17.3 Å². The predicted octanol–water partition coefficient (Wildman–Crippen LogP) is 3.66. The molecular formula is C13H11ClO2S. The van der Waals surface area contributed by atoms with Crippen LogP contribution in [0.25, 0.3) is 0 Å². The molecule has 0 aromatic heterocycles. The quantitative estimate of drug-likeness (QED) is 0.837. The molecule has 0 saturated heterocycles. The van der Waals surface area contributed by atoms with E-state index in [0.717, 1.165) is 12.2 Å². The molecule has 0 fully saturated rings. The molecule has 0 saturated carbocycles. The van der Waals surface area contributed by atoms with Gasteiger partial charge in [-0.3, -0.25) is 9.59 Å². The Balaban J connectivity index is 2.47. The van der Waals surface area contributed by atoms with Crippen LogP contribution in [0.5, 0.6) is 0 Å². The number of benzene rings is 1. The number of carbonyl (C=O) groups excluding carboxylic acids is 2. The lowest BCUT2D eigenvalue weighted by molar-refractivity contribution is 0.0987. The van der Waals surface area contributed by atoms with Crippen LogP contribution >= 0.6 is 23.4 Å². The molecule has 4 heteroatoms. The lowest BCUT2D eigenvalue weighted by Crippen LogP contribution is -2.18. The van der Waals surface area contributed by atoms with Crippen molar-refractivity contribution in [2.75, 3.05) is 5.75 Å². The zero-order valence-electron chi connectivity index (χ0n) is 9.33. The maximum atomic E-state index is 12.2. The summed E-state index contributed by atoms with van der Waals surface area (Å²) in [5.74, 6) is 0.399. The van der Waals surface area contributed by atoms with Gasteiger partial charge in [-0.05, 0) is 12.2 Å². The van der Waals surface area contributed by atoms with Gasteiger partial charge < -0.3 is 0 Å². The second-order valence-corrected chi connectivity index (χ2v) is 5.18. The van der Waals surface area contributed by atoms with Crippen molar-refractivity contribution in [2.24, 2.45) is 0 Å². The fourth-order valence-corrected chi connectivity index (χ4v) is 2.88. The molecule has 0 amide bonds. The first kappa shape index (κ1) is 12.4. The summed E-state index contributed by atoms with van der Waals surface area (Å²) in [4.78, 5) is 24.5. The molecule has 2 rings (SSSR count). The van der Waals surface area contributed by atoms with E-state index in [9.17, 15) is 9.59 Å². The van der Waals surface area contributed by atoms with Crippen LogP contribution in [0.15, 0.2) is 34.2 Å². The van der Waals surface area contributed by atoms with Crippen molar-refractivity contribution in [3.8, 4) is 0 Å². The van der Waals surface area contributed by atoms with Gasteiger partial charge in [0.25, 0.3) is 0 Å². The summed E-state index contributed by atoms with van der Waals surface area (Å²) in [5, 5.41) is 0.0622. The van der Waals surface area contributed by atoms with Crippen LogP contribution in [-0.2, 0) is 0 Å². The second-order valence-electron chi connectivity index (χ2n) is 3.70. The van der Waals surface area contributed by atoms with Gasteiger partial charge in [-0.2, -0.15) is 0 Å². The van der Waals surface area contributed by atoms with Crippen LogP contribution in [0.3, 0.4) is 0 Å². The number of halogens is 1. The Morgan fingerprint density at radius 2 is 1.71 bits per heavy atom. The van der Waals surface area contributed by atoms with Crippen LogP contribution < -0.4 is 0 Å². The summed E-state index contributed by atoms with van der Waals surface area (Å²) < 4.78 is 0. The van der Waals surface area contributed by atoms with Crippen molar-refractivity contribution in [1.82, 2.24) is 0 Å². The van der Waals surface area contributed by atoms with E-state index in [2.05, 4.69) is 0 Å². The normalized spacial score (nSPS) is 15.2. The van der Waals surface area contributed by atoms with E-state index in [1.807, 2.05) is 6.92 Å². The highest BCUT2D eigenvalue weighted by Gasteiger charge is 2.30. The summed E-state index contributed by atoms with van der Waals surface area (Å²) in [6.07, 6.45) is 0.932. The molecule has 0 radical (unpaired) electrons. The lowest BCUT2D eigenvalue weighted by atomic mass is 9.95. The van der Waals surface area contributed by atoms with Crippen molar-refractivity contribution < 1.29 is 9.59 Å². The van der Waals surface area contributed by atoms with Gasteiger partial charge in [0.1, 0.15) is 5.03 Å². The summed E-state index contributed by atoms with van der Waals surface area (Å²) in [6.45, 7) is 2.02. The van der Waals surface area contributed by atoms with Crippen LogP contribution in [0, 0.1) is 0 Å². The molecule has 0 heterocycles. The third kappa shape index (κ3) is 2.17. The number of thioether (sulfide) groups is 1. The number of carbonyl (C=O) groups is 2. The molecule has 1 aliphatic carbocycles. The molecule has 88 valence electrons. The molecule has 17 heavy (non-hydrogen) atoms. The van der Waals surface area contributed by atoms with Gasteiger partial charge in [0, 0.05) is 11.1 Å². The average molecular weight is 267 g/mol. The molecule has 1 aromatic carbocycles. The Labute approximate surface area is 109 Å². The minimum absolute atomic E-state index is 0.0622. The van der Waals surface area contributed by atoms with Gasteiger partial charge in [-0.25, -0.2) is 0 Å². The molecule has 0 N–H and O–H groups in total. The van der Waals surface area contributed by atoms with Gasteiger partial charge in [-0.1, -0.05) is 42.8 Å². The molecule has 1 aromatic rings. The molecule has 1 aliphatic rings. The fourth-order valence-electron chi connectivity index (χ4n) is 1.66. The van der Waals surface area contributed by atoms with E-state index in [1.54, 1.807) is 24.3 Å². The minimum atomic E-state index is -0.250. The Morgan fingerprint density at radius 1 is 1.12 bits per heavy atom. The van der Waals surface area contributed by atoms with E-state index in [0.29, 0.717) is 16.0 Å². The maximum Gasteiger partial charge on any atom is 0.206 e. The fraction of sp³-hybridized carbons (Fsp3) is 0.231. The molecule has 0 atom stereocenters. The van der Waals surface area contributed by atoms with Crippen molar-refractivity contribution in [2.45, 2.75) is 13.3 Å². The molecule has 0 unspecified atom stereocenters. The largest absolute Gasteiger partial charge is 0.288 e. The second kappa shape index (κ2) is 5.07. The van der Waals surface area contributed by atoms with Gasteiger partial charge in [0.2, 0.25) is 11.6 Å². The Kier molecular flexibility index (Phi) is 3.69. The highest BCUT2D eigenvalue weighted by molar-refractivity contribution is 8.04. The Bertz CT molecular complexity index is 520. The Morgan fingerprint density at radius 3 is 2.29 bits per heavy atom. The number of allylic oxidation sites excluding steroid dienone is 2. The van der Waals surface area contributed by atoms with Gasteiger partial charge in [-0.15, -0.1) is 11.8 Å². The van der Waals surface area contributed by atoms with Crippen LogP contribution in [0.1, 0.15) is 34.1 Å². The number of Topliss-reactive ketones (excluding diaryl/α,β-unsaturated/α-hetero) is 2. The molecule has 0 spiro atoms. The minimum Gasteiger partial charge on any atom is -0.288 e. The Hall–Kier alpha value is -1.06. The van der Waals surface area contributed by atoms with Crippen molar-refractivity contribution in [3.63, 3.8) is 0 Å². The topological polar surface area (TPSA) is 34.1 Å². The first-order valence-electron chi connectivity index (χ1n) is 5.37. The van der Waals surface area contributed by atoms with Crippen LogP contribution in [0.4, 0.5) is 0 Å². The third-order valence-electron chi connectivity index (χ3n) is 2.47. The highest BCUT2D eigenvalue weighted by Crippen LogP contribution is 2.34. The standard InChI is InChI=1S/C13H11ClO2S/c1-2-7-17-13-10(14)11(15)8-5-3-4-6-9(8)12(13)16/h3-6H,2,7H2,1H3. The third-order valence-corrected chi connectivity index (χ3v) is 4.24. The first-order chi connectivity index (χ1) is 8.16. The van der Waals surface area contributed by atoms with E-state index in [1.165, 1.54) is 11.8 Å².